The Morgan fingerprint density at radius 3 is 2.82 bits per heavy atom. The first-order valence-electron chi connectivity index (χ1n) is 5.18. The van der Waals surface area contributed by atoms with Crippen molar-refractivity contribution >= 4 is 21.9 Å². The van der Waals surface area contributed by atoms with Crippen LogP contribution in [0, 0.1) is 0 Å². The third-order valence-corrected chi connectivity index (χ3v) is 3.15. The van der Waals surface area contributed by atoms with Crippen LogP contribution in [0.4, 0.5) is 0 Å². The van der Waals surface area contributed by atoms with E-state index in [1.807, 2.05) is 17.8 Å². The second kappa shape index (κ2) is 4.75. The summed E-state index contributed by atoms with van der Waals surface area (Å²) in [5.41, 5.74) is -0.533. The first-order chi connectivity index (χ1) is 8.07. The molecular weight excluding hydrogens is 290 g/mol. The van der Waals surface area contributed by atoms with Gasteiger partial charge in [-0.3, -0.25) is 0 Å². The van der Waals surface area contributed by atoms with Gasteiger partial charge in [-0.05, 0) is 15.9 Å². The summed E-state index contributed by atoms with van der Waals surface area (Å²) < 4.78 is 12.9. The lowest BCUT2D eigenvalue weighted by Crippen LogP contribution is -2.60. The summed E-state index contributed by atoms with van der Waals surface area (Å²) in [5, 5.41) is 3.13. The van der Waals surface area contributed by atoms with Gasteiger partial charge in [-0.15, -0.1) is 0 Å². The number of rotatable bonds is 4. The average molecular weight is 304 g/mol. The van der Waals surface area contributed by atoms with Crippen LogP contribution in [0.5, 0.6) is 0 Å². The maximum Gasteiger partial charge on any atom is 0.331 e. The summed E-state index contributed by atoms with van der Waals surface area (Å²) >= 11 is 3.32. The Kier molecular flexibility index (Phi) is 3.50. The molecule has 1 aliphatic heterocycles. The van der Waals surface area contributed by atoms with E-state index in [-0.39, 0.29) is 12.6 Å². The zero-order valence-electron chi connectivity index (χ0n) is 9.70. The molecule has 1 fully saturated rings. The van der Waals surface area contributed by atoms with Crippen LogP contribution in [0.25, 0.3) is 0 Å². The molecule has 0 aliphatic carbocycles. The summed E-state index contributed by atoms with van der Waals surface area (Å²) in [6, 6.07) is 0. The Labute approximate surface area is 107 Å². The van der Waals surface area contributed by atoms with Crippen LogP contribution >= 0.6 is 15.9 Å². The number of carbonyl (C=O) groups is 1. The largest absolute Gasteiger partial charge is 0.467 e. The van der Waals surface area contributed by atoms with Crippen LogP contribution in [-0.4, -0.2) is 42.3 Å². The van der Waals surface area contributed by atoms with Gasteiger partial charge in [0.1, 0.15) is 17.0 Å². The summed E-state index contributed by atoms with van der Waals surface area (Å²) in [7, 11) is 3.24. The van der Waals surface area contributed by atoms with E-state index in [4.69, 9.17) is 4.74 Å². The topological polar surface area (TPSA) is 65.4 Å². The molecule has 0 atom stereocenters. The van der Waals surface area contributed by atoms with E-state index >= 15 is 0 Å². The predicted molar refractivity (Wildman–Crippen MR) is 63.4 cm³/mol. The molecular formula is C10H14BrN3O3. The van der Waals surface area contributed by atoms with E-state index < -0.39 is 5.60 Å². The van der Waals surface area contributed by atoms with Gasteiger partial charge >= 0.3 is 5.97 Å². The van der Waals surface area contributed by atoms with E-state index in [2.05, 4.69) is 31.0 Å². The molecule has 6 nitrogen and oxygen atoms in total. The number of aryl methyl sites for hydroxylation is 1. The van der Waals surface area contributed by atoms with Crippen LogP contribution in [0.3, 0.4) is 0 Å². The van der Waals surface area contributed by atoms with Crippen LogP contribution < -0.4 is 5.32 Å². The molecule has 1 aromatic rings. The Morgan fingerprint density at radius 2 is 2.41 bits per heavy atom. The van der Waals surface area contributed by atoms with Crippen molar-refractivity contribution in [1.29, 1.82) is 0 Å². The molecule has 0 bridgehead atoms. The van der Waals surface area contributed by atoms with E-state index in [0.29, 0.717) is 13.1 Å². The molecule has 2 rings (SSSR count). The van der Waals surface area contributed by atoms with Gasteiger partial charge in [0.25, 0.3) is 0 Å². The van der Waals surface area contributed by atoms with E-state index in [9.17, 15) is 4.79 Å². The van der Waals surface area contributed by atoms with Crippen LogP contribution in [-0.2, 0) is 26.9 Å². The molecule has 0 radical (unpaired) electrons. The average Bonchev–Trinajstić information content (AvgIpc) is 2.56. The van der Waals surface area contributed by atoms with Gasteiger partial charge in [0.15, 0.2) is 5.60 Å². The Hall–Kier alpha value is -0.920. The van der Waals surface area contributed by atoms with Gasteiger partial charge in [0.2, 0.25) is 0 Å². The molecule has 0 spiro atoms. The third-order valence-electron chi connectivity index (χ3n) is 2.77. The van der Waals surface area contributed by atoms with Gasteiger partial charge < -0.3 is 19.4 Å². The minimum atomic E-state index is -0.533. The first kappa shape index (κ1) is 12.5. The van der Waals surface area contributed by atoms with Gasteiger partial charge in [-0.25, -0.2) is 9.78 Å². The molecule has 1 N–H and O–H groups in total. The van der Waals surface area contributed by atoms with Crippen molar-refractivity contribution in [3.8, 4) is 0 Å². The summed E-state index contributed by atoms with van der Waals surface area (Å²) in [6.45, 7) is 1.21. The SMILES string of the molecule is COC(=O)COC1(c2nc(Br)cn2C)CNC1. The van der Waals surface area contributed by atoms with Crippen LogP contribution in [0.15, 0.2) is 10.8 Å². The van der Waals surface area contributed by atoms with E-state index in [0.717, 1.165) is 10.4 Å². The second-order valence-electron chi connectivity index (χ2n) is 3.96. The number of nitrogens with zero attached hydrogens (tertiary/aromatic N) is 2. The fourth-order valence-corrected chi connectivity index (χ4v) is 2.26. The molecule has 1 aromatic heterocycles. The summed E-state index contributed by atoms with van der Waals surface area (Å²) in [6.07, 6.45) is 1.86. The number of hydrogen-bond donors (Lipinski definition) is 1. The van der Waals surface area contributed by atoms with Crippen molar-refractivity contribution in [1.82, 2.24) is 14.9 Å². The monoisotopic (exact) mass is 303 g/mol. The smallest absolute Gasteiger partial charge is 0.331 e. The maximum atomic E-state index is 11.1. The first-order valence-corrected chi connectivity index (χ1v) is 5.97. The van der Waals surface area contributed by atoms with Gasteiger partial charge in [0.05, 0.1) is 7.11 Å². The van der Waals surface area contributed by atoms with Gasteiger partial charge in [0, 0.05) is 26.3 Å². The summed E-state index contributed by atoms with van der Waals surface area (Å²) in [4.78, 5) is 15.5. The Balaban J connectivity index is 2.14. The van der Waals surface area contributed by atoms with Crippen LogP contribution in [0.1, 0.15) is 5.82 Å². The van der Waals surface area contributed by atoms with Crippen molar-refractivity contribution in [3.63, 3.8) is 0 Å². The number of methoxy groups -OCH3 is 1. The highest BCUT2D eigenvalue weighted by Crippen LogP contribution is 2.29. The molecule has 1 saturated heterocycles. The molecule has 0 amide bonds. The van der Waals surface area contributed by atoms with Gasteiger partial charge in [-0.2, -0.15) is 0 Å². The normalized spacial score (nSPS) is 17.6. The fraction of sp³-hybridized carbons (Fsp3) is 0.600. The van der Waals surface area contributed by atoms with Crippen LogP contribution in [0.2, 0.25) is 0 Å². The lowest BCUT2D eigenvalue weighted by Gasteiger charge is -2.41. The Morgan fingerprint density at radius 1 is 1.71 bits per heavy atom. The Bertz CT molecular complexity index is 428. The van der Waals surface area contributed by atoms with Crippen molar-refractivity contribution in [2.75, 3.05) is 26.8 Å². The number of imidazole rings is 1. The third kappa shape index (κ3) is 2.36. The van der Waals surface area contributed by atoms with Gasteiger partial charge in [-0.1, -0.05) is 0 Å². The number of ether oxygens (including phenoxy) is 2. The molecule has 17 heavy (non-hydrogen) atoms. The highest BCUT2D eigenvalue weighted by molar-refractivity contribution is 9.10. The molecule has 94 valence electrons. The quantitative estimate of drug-likeness (QED) is 0.803. The fourth-order valence-electron chi connectivity index (χ4n) is 1.79. The number of carbonyl (C=O) groups excluding carboxylic acids is 1. The molecule has 2 heterocycles. The number of aromatic nitrogens is 2. The van der Waals surface area contributed by atoms with Crippen molar-refractivity contribution in [2.45, 2.75) is 5.60 Å². The van der Waals surface area contributed by atoms with Crippen molar-refractivity contribution in [3.05, 3.63) is 16.6 Å². The maximum absolute atomic E-state index is 11.1. The highest BCUT2D eigenvalue weighted by Gasteiger charge is 2.44. The highest BCUT2D eigenvalue weighted by atomic mass is 79.9. The van der Waals surface area contributed by atoms with Crippen molar-refractivity contribution < 1.29 is 14.3 Å². The standard InChI is InChI=1S/C10H14BrN3O3/c1-14-3-7(11)13-9(14)10(5-12-6-10)17-4-8(15)16-2/h3,12H,4-6H2,1-2H3. The van der Waals surface area contributed by atoms with E-state index in [1.54, 1.807) is 0 Å². The molecule has 0 saturated carbocycles. The molecule has 7 heteroatoms. The second-order valence-corrected chi connectivity index (χ2v) is 4.77. The number of halogens is 1. The zero-order chi connectivity index (χ0) is 12.5. The molecule has 1 aliphatic rings. The number of nitrogens with one attached hydrogen (secondary N) is 1. The minimum Gasteiger partial charge on any atom is -0.467 e. The van der Waals surface area contributed by atoms with E-state index in [1.165, 1.54) is 7.11 Å². The number of esters is 1. The summed E-state index contributed by atoms with van der Waals surface area (Å²) in [5.74, 6) is 0.413. The zero-order valence-corrected chi connectivity index (χ0v) is 11.3. The van der Waals surface area contributed by atoms with Crippen molar-refractivity contribution in [2.24, 2.45) is 7.05 Å². The minimum absolute atomic E-state index is 0.0668. The lowest BCUT2D eigenvalue weighted by atomic mass is 9.95. The molecule has 0 aromatic carbocycles. The predicted octanol–water partition coefficient (Wildman–Crippen LogP) is 0.171. The molecule has 0 unspecified atom stereocenters. The lowest BCUT2D eigenvalue weighted by molar-refractivity contribution is -0.159. The number of hydrogen-bond acceptors (Lipinski definition) is 5.